The third kappa shape index (κ3) is 1.48. The number of pyridine rings is 2. The molecule has 0 aliphatic rings. The van der Waals surface area contributed by atoms with Crippen LogP contribution in [-0.4, -0.2) is 14.5 Å². The summed E-state index contributed by atoms with van der Waals surface area (Å²) in [5, 5.41) is 2.18. The lowest BCUT2D eigenvalue weighted by molar-refractivity contribution is 1.06. The molecule has 3 heterocycles. The van der Waals surface area contributed by atoms with Crippen LogP contribution in [-0.2, 0) is 0 Å². The zero-order valence-corrected chi connectivity index (χ0v) is 10.7. The minimum atomic E-state index is 0.751. The van der Waals surface area contributed by atoms with E-state index >= 15 is 0 Å². The largest absolute Gasteiger partial charge is 0.399 e. The van der Waals surface area contributed by atoms with Gasteiger partial charge >= 0.3 is 0 Å². The van der Waals surface area contributed by atoms with E-state index in [9.17, 15) is 0 Å². The normalized spacial score (nSPS) is 11.2. The second-order valence-electron chi connectivity index (χ2n) is 4.67. The molecule has 4 rings (SSSR count). The minimum Gasteiger partial charge on any atom is -0.399 e. The number of nitrogens with two attached hydrogens (primary N) is 1. The van der Waals surface area contributed by atoms with Crippen molar-refractivity contribution in [2.24, 2.45) is 0 Å². The Morgan fingerprint density at radius 2 is 1.75 bits per heavy atom. The van der Waals surface area contributed by atoms with E-state index < -0.39 is 0 Å². The van der Waals surface area contributed by atoms with E-state index in [-0.39, 0.29) is 0 Å². The van der Waals surface area contributed by atoms with E-state index in [4.69, 9.17) is 5.73 Å². The number of nitrogen functional groups attached to an aromatic ring is 1. The first-order valence-electron chi connectivity index (χ1n) is 6.41. The smallest absolute Gasteiger partial charge is 0.146 e. The fourth-order valence-corrected chi connectivity index (χ4v) is 2.58. The molecule has 3 aromatic heterocycles. The van der Waals surface area contributed by atoms with Gasteiger partial charge in [0.05, 0.1) is 5.52 Å². The van der Waals surface area contributed by atoms with E-state index in [2.05, 4.69) is 20.6 Å². The summed E-state index contributed by atoms with van der Waals surface area (Å²) >= 11 is 0. The van der Waals surface area contributed by atoms with Crippen molar-refractivity contribution in [3.05, 3.63) is 60.9 Å². The number of hydrogen-bond donors (Lipinski definition) is 1. The summed E-state index contributed by atoms with van der Waals surface area (Å²) in [5.41, 5.74) is 8.63. The summed E-state index contributed by atoms with van der Waals surface area (Å²) in [5.74, 6) is 0.857. The van der Waals surface area contributed by atoms with Crippen molar-refractivity contribution in [2.75, 3.05) is 5.73 Å². The number of hydrogen-bond acceptors (Lipinski definition) is 3. The van der Waals surface area contributed by atoms with Crippen LogP contribution in [0.15, 0.2) is 60.9 Å². The highest BCUT2D eigenvalue weighted by Gasteiger charge is 2.13. The van der Waals surface area contributed by atoms with Crippen LogP contribution in [0.4, 0.5) is 5.69 Å². The van der Waals surface area contributed by atoms with E-state index in [1.54, 1.807) is 12.4 Å². The molecule has 0 radical (unpaired) electrons. The Morgan fingerprint density at radius 1 is 0.850 bits per heavy atom. The molecule has 0 saturated carbocycles. The molecule has 0 spiro atoms. The van der Waals surface area contributed by atoms with Gasteiger partial charge in [-0.1, -0.05) is 6.07 Å². The summed E-state index contributed by atoms with van der Waals surface area (Å²) in [6, 6.07) is 15.8. The summed E-state index contributed by atoms with van der Waals surface area (Å²) in [6.07, 6.45) is 3.58. The van der Waals surface area contributed by atoms with Crippen molar-refractivity contribution in [2.45, 2.75) is 0 Å². The predicted molar refractivity (Wildman–Crippen MR) is 80.8 cm³/mol. The molecular weight excluding hydrogens is 248 g/mol. The second-order valence-corrected chi connectivity index (χ2v) is 4.67. The Morgan fingerprint density at radius 3 is 2.60 bits per heavy atom. The van der Waals surface area contributed by atoms with Crippen LogP contribution in [0.2, 0.25) is 0 Å². The average molecular weight is 260 g/mol. The van der Waals surface area contributed by atoms with Gasteiger partial charge in [0.25, 0.3) is 0 Å². The van der Waals surface area contributed by atoms with E-state index in [1.807, 2.05) is 42.5 Å². The topological polar surface area (TPSA) is 56.7 Å². The first-order chi connectivity index (χ1) is 9.84. The first-order valence-corrected chi connectivity index (χ1v) is 6.41. The van der Waals surface area contributed by atoms with Gasteiger partial charge in [-0.15, -0.1) is 0 Å². The third-order valence-corrected chi connectivity index (χ3v) is 3.43. The van der Waals surface area contributed by atoms with Gasteiger partial charge in [-0.05, 0) is 42.5 Å². The highest BCUT2D eigenvalue weighted by Crippen LogP contribution is 2.31. The number of anilines is 1. The SMILES string of the molecule is Nc1ccc2c(c1)c1cccnc1n2-c1ccccn1. The zero-order chi connectivity index (χ0) is 13.5. The van der Waals surface area contributed by atoms with Crippen molar-refractivity contribution >= 4 is 27.6 Å². The lowest BCUT2D eigenvalue weighted by atomic mass is 10.2. The van der Waals surface area contributed by atoms with Crippen LogP contribution in [0.25, 0.3) is 27.8 Å². The molecule has 0 aliphatic heterocycles. The van der Waals surface area contributed by atoms with Crippen LogP contribution in [0.1, 0.15) is 0 Å². The van der Waals surface area contributed by atoms with Crippen molar-refractivity contribution in [1.82, 2.24) is 14.5 Å². The van der Waals surface area contributed by atoms with Crippen LogP contribution in [0.5, 0.6) is 0 Å². The van der Waals surface area contributed by atoms with E-state index in [1.165, 1.54) is 0 Å². The van der Waals surface area contributed by atoms with Gasteiger partial charge in [0.2, 0.25) is 0 Å². The molecule has 0 saturated heterocycles. The van der Waals surface area contributed by atoms with Crippen LogP contribution in [0, 0.1) is 0 Å². The maximum absolute atomic E-state index is 5.92. The van der Waals surface area contributed by atoms with Gasteiger partial charge in [0, 0.05) is 28.9 Å². The molecule has 0 aliphatic carbocycles. The lowest BCUT2D eigenvalue weighted by Gasteiger charge is -2.05. The van der Waals surface area contributed by atoms with E-state index in [0.717, 1.165) is 33.4 Å². The molecular formula is C16H12N4. The van der Waals surface area contributed by atoms with Gasteiger partial charge < -0.3 is 5.73 Å². The maximum atomic E-state index is 5.92. The quantitative estimate of drug-likeness (QED) is 0.535. The Balaban J connectivity index is 2.22. The van der Waals surface area contributed by atoms with Crippen molar-refractivity contribution in [3.63, 3.8) is 0 Å². The van der Waals surface area contributed by atoms with Crippen LogP contribution >= 0.6 is 0 Å². The molecule has 0 fully saturated rings. The molecule has 4 nitrogen and oxygen atoms in total. The predicted octanol–water partition coefficient (Wildman–Crippen LogP) is 3.16. The Hall–Kier alpha value is -2.88. The van der Waals surface area contributed by atoms with Crippen LogP contribution < -0.4 is 5.73 Å². The number of rotatable bonds is 1. The lowest BCUT2D eigenvalue weighted by Crippen LogP contribution is -1.97. The fourth-order valence-electron chi connectivity index (χ4n) is 2.58. The van der Waals surface area contributed by atoms with Gasteiger partial charge in [-0.3, -0.25) is 4.57 Å². The summed E-state index contributed by atoms with van der Waals surface area (Å²) in [6.45, 7) is 0. The molecule has 0 amide bonds. The Kier molecular flexibility index (Phi) is 2.23. The van der Waals surface area contributed by atoms with Crippen molar-refractivity contribution in [1.29, 1.82) is 0 Å². The molecule has 0 bridgehead atoms. The van der Waals surface area contributed by atoms with Crippen molar-refractivity contribution < 1.29 is 0 Å². The maximum Gasteiger partial charge on any atom is 0.146 e. The number of aromatic nitrogens is 3. The first kappa shape index (κ1) is 11.0. The van der Waals surface area contributed by atoms with Gasteiger partial charge in [0.15, 0.2) is 0 Å². The zero-order valence-electron chi connectivity index (χ0n) is 10.7. The summed E-state index contributed by atoms with van der Waals surface area (Å²) < 4.78 is 2.06. The Labute approximate surface area is 115 Å². The fraction of sp³-hybridized carbons (Fsp3) is 0. The van der Waals surface area contributed by atoms with Crippen molar-refractivity contribution in [3.8, 4) is 5.82 Å². The highest BCUT2D eigenvalue weighted by atomic mass is 15.1. The number of fused-ring (bicyclic) bond motifs is 3. The molecule has 0 unspecified atom stereocenters. The molecule has 4 heteroatoms. The second kappa shape index (κ2) is 4.06. The van der Waals surface area contributed by atoms with Gasteiger partial charge in [0.1, 0.15) is 11.5 Å². The van der Waals surface area contributed by atoms with Gasteiger partial charge in [-0.2, -0.15) is 0 Å². The molecule has 1 aromatic carbocycles. The number of benzene rings is 1. The minimum absolute atomic E-state index is 0.751. The Bertz CT molecular complexity index is 910. The number of nitrogens with zero attached hydrogens (tertiary/aromatic N) is 3. The summed E-state index contributed by atoms with van der Waals surface area (Å²) in [4.78, 5) is 8.94. The molecule has 4 aromatic rings. The standard InChI is InChI=1S/C16H12N4/c17-11-6-7-14-13(10-11)12-4-3-9-19-16(12)20(14)15-5-1-2-8-18-15/h1-10H,17H2. The van der Waals surface area contributed by atoms with Crippen LogP contribution in [0.3, 0.4) is 0 Å². The molecule has 0 atom stereocenters. The highest BCUT2D eigenvalue weighted by molar-refractivity contribution is 6.08. The monoisotopic (exact) mass is 260 g/mol. The summed E-state index contributed by atoms with van der Waals surface area (Å²) in [7, 11) is 0. The molecule has 20 heavy (non-hydrogen) atoms. The molecule has 96 valence electrons. The van der Waals surface area contributed by atoms with Gasteiger partial charge in [-0.25, -0.2) is 9.97 Å². The average Bonchev–Trinajstić information content (AvgIpc) is 2.82. The van der Waals surface area contributed by atoms with E-state index in [0.29, 0.717) is 0 Å². The molecule has 2 N–H and O–H groups in total. The third-order valence-electron chi connectivity index (χ3n) is 3.43.